The van der Waals surface area contributed by atoms with Crippen molar-refractivity contribution < 1.29 is 5.11 Å². The standard InChI is InChI=1S/C15H19N3O/c19-11-15(7-3-4-8-15)10-16-14-13-6-2-1-5-12(13)9-17-18-14/h1-2,5-6,9,19H,3-4,7-8,10-11H2,(H,16,18). The van der Waals surface area contributed by atoms with Crippen LogP contribution >= 0.6 is 0 Å². The molecule has 1 aliphatic rings. The molecule has 4 heteroatoms. The second-order valence-electron chi connectivity index (χ2n) is 5.50. The molecule has 1 fully saturated rings. The molecule has 1 heterocycles. The molecule has 100 valence electrons. The van der Waals surface area contributed by atoms with Crippen LogP contribution in [-0.4, -0.2) is 28.5 Å². The first-order chi connectivity index (χ1) is 9.33. The Morgan fingerprint density at radius 1 is 1.21 bits per heavy atom. The van der Waals surface area contributed by atoms with Crippen molar-refractivity contribution in [3.8, 4) is 0 Å². The Morgan fingerprint density at radius 2 is 2.00 bits per heavy atom. The van der Waals surface area contributed by atoms with E-state index in [0.29, 0.717) is 0 Å². The number of anilines is 1. The van der Waals surface area contributed by atoms with Crippen LogP contribution in [0.4, 0.5) is 5.82 Å². The van der Waals surface area contributed by atoms with Crippen molar-refractivity contribution in [1.82, 2.24) is 10.2 Å². The molecule has 0 bridgehead atoms. The summed E-state index contributed by atoms with van der Waals surface area (Å²) in [6.07, 6.45) is 6.38. The highest BCUT2D eigenvalue weighted by Crippen LogP contribution is 2.37. The topological polar surface area (TPSA) is 58.0 Å². The number of aliphatic hydroxyl groups is 1. The van der Waals surface area contributed by atoms with Gasteiger partial charge in [0.1, 0.15) is 0 Å². The van der Waals surface area contributed by atoms with Gasteiger partial charge in [-0.2, -0.15) is 5.10 Å². The zero-order valence-corrected chi connectivity index (χ0v) is 11.0. The highest BCUT2D eigenvalue weighted by Gasteiger charge is 2.33. The second kappa shape index (κ2) is 5.13. The Balaban J connectivity index is 1.82. The average Bonchev–Trinajstić information content (AvgIpc) is 2.94. The van der Waals surface area contributed by atoms with E-state index in [1.165, 1.54) is 12.8 Å². The predicted molar refractivity (Wildman–Crippen MR) is 76.0 cm³/mol. The van der Waals surface area contributed by atoms with Crippen molar-refractivity contribution in [2.24, 2.45) is 5.41 Å². The van der Waals surface area contributed by atoms with E-state index in [0.717, 1.165) is 36.0 Å². The lowest BCUT2D eigenvalue weighted by Crippen LogP contribution is -2.30. The molecule has 1 saturated carbocycles. The molecule has 1 aliphatic carbocycles. The molecule has 0 spiro atoms. The SMILES string of the molecule is OCC1(CNc2nncc3ccccc23)CCCC1. The summed E-state index contributed by atoms with van der Waals surface area (Å²) < 4.78 is 0. The fourth-order valence-electron chi connectivity index (χ4n) is 2.95. The molecule has 1 aromatic heterocycles. The minimum atomic E-state index is 0.0264. The third kappa shape index (κ3) is 2.40. The molecular weight excluding hydrogens is 238 g/mol. The van der Waals surface area contributed by atoms with Gasteiger partial charge in [0, 0.05) is 22.7 Å². The number of nitrogens with one attached hydrogen (secondary N) is 1. The van der Waals surface area contributed by atoms with Crippen molar-refractivity contribution >= 4 is 16.6 Å². The van der Waals surface area contributed by atoms with Crippen LogP contribution in [0.2, 0.25) is 0 Å². The molecule has 19 heavy (non-hydrogen) atoms. The van der Waals surface area contributed by atoms with Gasteiger partial charge in [-0.1, -0.05) is 37.1 Å². The number of aromatic nitrogens is 2. The lowest BCUT2D eigenvalue weighted by molar-refractivity contribution is 0.142. The summed E-state index contributed by atoms with van der Waals surface area (Å²) in [5, 5.41) is 23.4. The molecule has 0 amide bonds. The highest BCUT2D eigenvalue weighted by atomic mass is 16.3. The minimum absolute atomic E-state index is 0.0264. The number of fused-ring (bicyclic) bond motifs is 1. The average molecular weight is 257 g/mol. The van der Waals surface area contributed by atoms with Gasteiger partial charge in [0.2, 0.25) is 0 Å². The zero-order valence-electron chi connectivity index (χ0n) is 11.0. The van der Waals surface area contributed by atoms with Gasteiger partial charge in [0.05, 0.1) is 12.8 Å². The van der Waals surface area contributed by atoms with Gasteiger partial charge in [-0.05, 0) is 12.8 Å². The van der Waals surface area contributed by atoms with Gasteiger partial charge in [-0.15, -0.1) is 5.10 Å². The molecule has 2 N–H and O–H groups in total. The fourth-order valence-corrected chi connectivity index (χ4v) is 2.95. The summed E-state index contributed by atoms with van der Waals surface area (Å²) in [4.78, 5) is 0. The highest BCUT2D eigenvalue weighted by molar-refractivity contribution is 5.90. The zero-order chi connectivity index (χ0) is 13.1. The van der Waals surface area contributed by atoms with E-state index in [1.54, 1.807) is 6.20 Å². The first-order valence-corrected chi connectivity index (χ1v) is 6.88. The first-order valence-electron chi connectivity index (χ1n) is 6.88. The van der Waals surface area contributed by atoms with Crippen LogP contribution in [-0.2, 0) is 0 Å². The van der Waals surface area contributed by atoms with Crippen LogP contribution in [0.1, 0.15) is 25.7 Å². The molecule has 0 unspecified atom stereocenters. The predicted octanol–water partition coefficient (Wildman–Crippen LogP) is 2.59. The Morgan fingerprint density at radius 3 is 2.79 bits per heavy atom. The van der Waals surface area contributed by atoms with Gasteiger partial charge in [0.25, 0.3) is 0 Å². The molecular formula is C15H19N3O. The van der Waals surface area contributed by atoms with Crippen molar-refractivity contribution in [3.63, 3.8) is 0 Å². The van der Waals surface area contributed by atoms with Crippen LogP contribution in [0.25, 0.3) is 10.8 Å². The quantitative estimate of drug-likeness (QED) is 0.884. The normalized spacial score (nSPS) is 17.7. The summed E-state index contributed by atoms with van der Waals surface area (Å²) >= 11 is 0. The van der Waals surface area contributed by atoms with Crippen molar-refractivity contribution in [2.75, 3.05) is 18.5 Å². The molecule has 0 saturated heterocycles. The van der Waals surface area contributed by atoms with Gasteiger partial charge < -0.3 is 10.4 Å². The fraction of sp³-hybridized carbons (Fsp3) is 0.467. The largest absolute Gasteiger partial charge is 0.396 e. The minimum Gasteiger partial charge on any atom is -0.396 e. The lowest BCUT2D eigenvalue weighted by Gasteiger charge is -2.26. The van der Waals surface area contributed by atoms with Gasteiger partial charge in [-0.3, -0.25) is 0 Å². The smallest absolute Gasteiger partial charge is 0.156 e. The van der Waals surface area contributed by atoms with E-state index in [9.17, 15) is 5.11 Å². The molecule has 2 aromatic rings. The Labute approximate surface area is 112 Å². The molecule has 4 nitrogen and oxygen atoms in total. The summed E-state index contributed by atoms with van der Waals surface area (Å²) in [6.45, 7) is 1.02. The van der Waals surface area contributed by atoms with Crippen molar-refractivity contribution in [1.29, 1.82) is 0 Å². The van der Waals surface area contributed by atoms with Crippen LogP contribution in [0, 0.1) is 5.41 Å². The molecule has 0 radical (unpaired) electrons. The van der Waals surface area contributed by atoms with E-state index in [1.807, 2.05) is 24.3 Å². The monoisotopic (exact) mass is 257 g/mol. The number of nitrogens with zero attached hydrogens (tertiary/aromatic N) is 2. The van der Waals surface area contributed by atoms with Crippen LogP contribution in [0.3, 0.4) is 0 Å². The molecule has 3 rings (SSSR count). The van der Waals surface area contributed by atoms with Crippen molar-refractivity contribution in [3.05, 3.63) is 30.5 Å². The van der Waals surface area contributed by atoms with Gasteiger partial charge in [0.15, 0.2) is 5.82 Å². The van der Waals surface area contributed by atoms with Crippen LogP contribution in [0.15, 0.2) is 30.5 Å². The number of hydrogen-bond donors (Lipinski definition) is 2. The van der Waals surface area contributed by atoms with Crippen LogP contribution < -0.4 is 5.32 Å². The number of benzene rings is 1. The van der Waals surface area contributed by atoms with E-state index in [2.05, 4.69) is 15.5 Å². The lowest BCUT2D eigenvalue weighted by atomic mass is 9.87. The summed E-state index contributed by atoms with van der Waals surface area (Å²) in [7, 11) is 0. The molecule has 0 aliphatic heterocycles. The van der Waals surface area contributed by atoms with Crippen LogP contribution in [0.5, 0.6) is 0 Å². The maximum absolute atomic E-state index is 9.63. The summed E-state index contributed by atoms with van der Waals surface area (Å²) in [5.41, 5.74) is 0.0264. The maximum atomic E-state index is 9.63. The third-order valence-electron chi connectivity index (χ3n) is 4.20. The van der Waals surface area contributed by atoms with E-state index in [-0.39, 0.29) is 12.0 Å². The van der Waals surface area contributed by atoms with E-state index < -0.39 is 0 Å². The van der Waals surface area contributed by atoms with Crippen molar-refractivity contribution in [2.45, 2.75) is 25.7 Å². The Bertz CT molecular complexity index is 559. The van der Waals surface area contributed by atoms with E-state index in [4.69, 9.17) is 0 Å². The third-order valence-corrected chi connectivity index (χ3v) is 4.20. The summed E-state index contributed by atoms with van der Waals surface area (Å²) in [5.74, 6) is 0.817. The second-order valence-corrected chi connectivity index (χ2v) is 5.50. The Hall–Kier alpha value is -1.68. The number of rotatable bonds is 4. The van der Waals surface area contributed by atoms with Gasteiger partial charge >= 0.3 is 0 Å². The number of hydrogen-bond acceptors (Lipinski definition) is 4. The first kappa shape index (κ1) is 12.4. The number of aliphatic hydroxyl groups excluding tert-OH is 1. The maximum Gasteiger partial charge on any atom is 0.156 e. The van der Waals surface area contributed by atoms with E-state index >= 15 is 0 Å². The van der Waals surface area contributed by atoms with Gasteiger partial charge in [-0.25, -0.2) is 0 Å². The Kier molecular flexibility index (Phi) is 3.34. The summed E-state index contributed by atoms with van der Waals surface area (Å²) in [6, 6.07) is 8.09. The molecule has 1 aromatic carbocycles. The molecule has 0 atom stereocenters.